The number of nitrogens with zero attached hydrogens (tertiary/aromatic N) is 2. The van der Waals surface area contributed by atoms with E-state index in [4.69, 9.17) is 0 Å². The van der Waals surface area contributed by atoms with E-state index >= 15 is 0 Å². The summed E-state index contributed by atoms with van der Waals surface area (Å²) >= 11 is 2.02. The average molecular weight is 1130 g/mol. The molecule has 8 aromatic rings. The normalized spacial score (nSPS) is 17.8. The first-order valence-corrected chi connectivity index (χ1v) is 32.7. The van der Waals surface area contributed by atoms with Crippen LogP contribution in [0.3, 0.4) is 0 Å². The highest BCUT2D eigenvalue weighted by Crippen LogP contribution is 2.60. The molecule has 0 fully saturated rings. The van der Waals surface area contributed by atoms with Gasteiger partial charge in [0.2, 0.25) is 0 Å². The van der Waals surface area contributed by atoms with E-state index < -0.39 is 0 Å². The molecule has 0 atom stereocenters. The maximum Gasteiger partial charge on any atom is 0.264 e. The maximum atomic E-state index is 2.75. The summed E-state index contributed by atoms with van der Waals surface area (Å²) in [5.74, 6) is 0. The van der Waals surface area contributed by atoms with Gasteiger partial charge in [0, 0.05) is 43.2 Å². The largest absolute Gasteiger partial charge is 0.311 e. The second-order valence-corrected chi connectivity index (χ2v) is 35.2. The average Bonchev–Trinajstić information content (AvgIpc) is 1.07. The molecule has 84 heavy (non-hydrogen) atoms. The molecule has 0 bridgehead atoms. The molecule has 2 aliphatic carbocycles. The van der Waals surface area contributed by atoms with Crippen LogP contribution in [0.15, 0.2) is 121 Å². The van der Waals surface area contributed by atoms with Crippen LogP contribution in [0, 0.1) is 0 Å². The molecule has 12 rings (SSSR count). The fourth-order valence-corrected chi connectivity index (χ4v) is 16.3. The lowest BCUT2D eigenvalue weighted by Crippen LogP contribution is -2.60. The molecule has 0 saturated carbocycles. The van der Waals surface area contributed by atoms with E-state index in [2.05, 4.69) is 290 Å². The van der Waals surface area contributed by atoms with Crippen LogP contribution in [0.25, 0.3) is 32.3 Å². The van der Waals surface area contributed by atoms with Gasteiger partial charge in [0.1, 0.15) is 0 Å². The predicted octanol–water partition coefficient (Wildman–Crippen LogP) is 21.5. The van der Waals surface area contributed by atoms with E-state index in [1.165, 1.54) is 123 Å². The molecule has 4 aliphatic rings. The van der Waals surface area contributed by atoms with E-state index in [1.807, 2.05) is 11.3 Å². The van der Waals surface area contributed by atoms with Gasteiger partial charge in [-0.15, -0.1) is 11.3 Å². The molecule has 0 radical (unpaired) electrons. The summed E-state index contributed by atoms with van der Waals surface area (Å²) in [7, 11) is 0. The molecule has 2 aliphatic heterocycles. The Morgan fingerprint density at radius 2 is 0.821 bits per heavy atom. The monoisotopic (exact) mass is 1130 g/mol. The van der Waals surface area contributed by atoms with Crippen LogP contribution in [0.1, 0.15) is 235 Å². The van der Waals surface area contributed by atoms with Crippen LogP contribution < -0.4 is 25.5 Å². The van der Waals surface area contributed by atoms with Crippen LogP contribution in [0.2, 0.25) is 0 Å². The van der Waals surface area contributed by atoms with E-state index in [0.29, 0.717) is 0 Å². The van der Waals surface area contributed by atoms with Crippen LogP contribution >= 0.6 is 11.3 Å². The number of rotatable bonds is 4. The minimum atomic E-state index is -0.0755. The van der Waals surface area contributed by atoms with Gasteiger partial charge in [-0.1, -0.05) is 226 Å². The second-order valence-electron chi connectivity index (χ2n) is 34.1. The Labute approximate surface area is 512 Å². The quantitative estimate of drug-likeness (QED) is 0.162. The van der Waals surface area contributed by atoms with Crippen molar-refractivity contribution in [1.82, 2.24) is 0 Å². The zero-order chi connectivity index (χ0) is 60.8. The Bertz CT molecular complexity index is 3910. The highest BCUT2D eigenvalue weighted by Gasteiger charge is 2.50. The van der Waals surface area contributed by atoms with E-state index in [1.54, 1.807) is 22.3 Å². The zero-order valence-corrected chi connectivity index (χ0v) is 56.6. The molecule has 0 saturated heterocycles. The summed E-state index contributed by atoms with van der Waals surface area (Å²) in [5, 5.41) is 1.34. The molecule has 0 spiro atoms. The lowest BCUT2D eigenvalue weighted by molar-refractivity contribution is 0.314. The van der Waals surface area contributed by atoms with Gasteiger partial charge in [-0.05, 0) is 207 Å². The van der Waals surface area contributed by atoms with Crippen molar-refractivity contribution in [2.24, 2.45) is 0 Å². The molecule has 0 N–H and O–H groups in total. The minimum Gasteiger partial charge on any atom is -0.311 e. The molecule has 0 unspecified atom stereocenters. The summed E-state index contributed by atoms with van der Waals surface area (Å²) < 4.78 is 2.76. The molecule has 0 amide bonds. The first-order valence-electron chi connectivity index (χ1n) is 31.9. The zero-order valence-electron chi connectivity index (χ0n) is 55.8. The second kappa shape index (κ2) is 18.8. The fourth-order valence-electron chi connectivity index (χ4n) is 15.0. The van der Waals surface area contributed by atoms with Gasteiger partial charge < -0.3 is 9.80 Å². The van der Waals surface area contributed by atoms with Gasteiger partial charge in [0.05, 0.1) is 11.4 Å². The van der Waals surface area contributed by atoms with Gasteiger partial charge >= 0.3 is 0 Å². The van der Waals surface area contributed by atoms with Crippen molar-refractivity contribution in [3.8, 4) is 22.3 Å². The lowest BCUT2D eigenvalue weighted by Gasteiger charge is -2.50. The maximum absolute atomic E-state index is 2.75. The molecular formula is C80H97BN2S. The summed E-state index contributed by atoms with van der Waals surface area (Å²) in [6, 6.07) is 49.9. The number of benzene rings is 7. The Kier molecular flexibility index (Phi) is 13.1. The van der Waals surface area contributed by atoms with Gasteiger partial charge in [-0.3, -0.25) is 0 Å². The van der Waals surface area contributed by atoms with E-state index in [0.717, 1.165) is 12.8 Å². The third-order valence-corrected chi connectivity index (χ3v) is 22.0. The predicted molar refractivity (Wildman–Crippen MR) is 371 cm³/mol. The Hall–Kier alpha value is -5.84. The molecule has 436 valence electrons. The molecule has 4 heteroatoms. The SMILES string of the molecule is CC(C)(C)c1ccc(-c2cc(C(C)(C)C)ccc2N2c3ccc(C(C)(C)C)cc3B3c4sc5ccc(C(C)(C)C)cc5c4N(c4ccc(C(C)(C)C)cc4)c4cc(-c5c6c(cc7c5C(C)(C)CCC7(C)C)C(C)(C)CCC6(C)C)cc2c43)cc1. The molecule has 1 aromatic heterocycles. The van der Waals surface area contributed by atoms with Crippen molar-refractivity contribution in [3.05, 3.63) is 171 Å². The van der Waals surface area contributed by atoms with Crippen molar-refractivity contribution in [2.45, 2.75) is 234 Å². The lowest BCUT2D eigenvalue weighted by atomic mass is 9.36. The third kappa shape index (κ3) is 9.47. The highest BCUT2D eigenvalue weighted by molar-refractivity contribution is 7.33. The number of thiophene rings is 1. The Morgan fingerprint density at radius 1 is 0.393 bits per heavy atom. The summed E-state index contributed by atoms with van der Waals surface area (Å²) in [6.07, 6.45) is 4.62. The van der Waals surface area contributed by atoms with Crippen molar-refractivity contribution in [1.29, 1.82) is 0 Å². The summed E-state index contributed by atoms with van der Waals surface area (Å²) in [6.45, 7) is 55.8. The number of hydrogen-bond donors (Lipinski definition) is 0. The van der Waals surface area contributed by atoms with Crippen LogP contribution in [-0.2, 0) is 48.7 Å². The van der Waals surface area contributed by atoms with Crippen LogP contribution in [-0.4, -0.2) is 6.71 Å². The van der Waals surface area contributed by atoms with Crippen LogP contribution in [0.5, 0.6) is 0 Å². The van der Waals surface area contributed by atoms with E-state index in [9.17, 15) is 0 Å². The molecular weight excluding hydrogens is 1030 g/mol. The Morgan fingerprint density at radius 3 is 1.33 bits per heavy atom. The highest BCUT2D eigenvalue weighted by atomic mass is 32.1. The van der Waals surface area contributed by atoms with E-state index in [-0.39, 0.29) is 55.4 Å². The van der Waals surface area contributed by atoms with Crippen molar-refractivity contribution in [3.63, 3.8) is 0 Å². The topological polar surface area (TPSA) is 6.48 Å². The third-order valence-electron chi connectivity index (χ3n) is 20.7. The molecule has 7 aromatic carbocycles. The number of hydrogen-bond acceptors (Lipinski definition) is 3. The first kappa shape index (κ1) is 58.5. The van der Waals surface area contributed by atoms with Gasteiger partial charge in [-0.25, -0.2) is 0 Å². The number of anilines is 6. The Balaban J connectivity index is 1.31. The molecule has 2 nitrogen and oxygen atoms in total. The summed E-state index contributed by atoms with van der Waals surface area (Å²) in [5.41, 5.74) is 28.4. The standard InChI is InChI=1S/C80H97BN2S/c1-72(2,3)50-26-24-48(25-27-50)56-44-52(74(7,8)9)30-35-61(56)83-62-36-31-54(76(13,14)15)46-60(62)81-69-63(82(55-33-28-51(29-34-55)73(4,5)6)70-57-45-53(75(10,11)12)32-37-65(57)84-71(70)81)42-49(43-64(69)83)66-67-58(77(16,17)38-40-79(67,20)21)47-59-68(66)80(22,23)41-39-78(59,18)19/h24-37,42-47H,38-41H2,1-23H3. The van der Waals surface area contributed by atoms with Crippen molar-refractivity contribution >= 4 is 78.0 Å². The van der Waals surface area contributed by atoms with Crippen molar-refractivity contribution < 1.29 is 0 Å². The fraction of sp³-hybridized carbons (Fsp3) is 0.450. The first-order chi connectivity index (χ1) is 38.8. The van der Waals surface area contributed by atoms with Crippen LogP contribution in [0.4, 0.5) is 34.1 Å². The molecule has 3 heterocycles. The number of fused-ring (bicyclic) bond motifs is 8. The smallest absolute Gasteiger partial charge is 0.264 e. The van der Waals surface area contributed by atoms with Gasteiger partial charge in [-0.2, -0.15) is 0 Å². The van der Waals surface area contributed by atoms with Gasteiger partial charge in [0.25, 0.3) is 6.71 Å². The van der Waals surface area contributed by atoms with Crippen molar-refractivity contribution in [2.75, 3.05) is 9.80 Å². The van der Waals surface area contributed by atoms with Gasteiger partial charge in [0.15, 0.2) is 0 Å². The summed E-state index contributed by atoms with van der Waals surface area (Å²) in [4.78, 5) is 5.51. The minimum absolute atomic E-state index is 0.00138.